The van der Waals surface area contributed by atoms with E-state index in [2.05, 4.69) is 30.2 Å². The predicted molar refractivity (Wildman–Crippen MR) is 292 cm³/mol. The minimum atomic E-state index is -1.00. The molecule has 77 heavy (non-hydrogen) atoms. The number of benzene rings is 4. The van der Waals surface area contributed by atoms with Gasteiger partial charge in [0.05, 0.1) is 84.2 Å². The largest absolute Gasteiger partial charge is 0.493 e. The lowest BCUT2D eigenvalue weighted by molar-refractivity contribution is -0.139. The van der Waals surface area contributed by atoms with Gasteiger partial charge in [-0.1, -0.05) is 35.4 Å². The van der Waals surface area contributed by atoms with E-state index in [9.17, 15) is 8.78 Å². The topological polar surface area (TPSA) is 141 Å². The van der Waals surface area contributed by atoms with Crippen LogP contribution < -0.4 is 33.7 Å². The van der Waals surface area contributed by atoms with Crippen molar-refractivity contribution < 1.29 is 52.4 Å². The molecule has 4 saturated heterocycles. The number of allylic oxidation sites excluding steroid dienone is 2. The van der Waals surface area contributed by atoms with Crippen LogP contribution >= 0.6 is 11.6 Å². The number of alkyl halides is 2. The monoisotopic (exact) mass is 1080 g/mol. The minimum absolute atomic E-state index is 0.121. The molecule has 4 fully saturated rings. The maximum absolute atomic E-state index is 15.1. The number of methoxy groups -OCH3 is 2. The molecule has 0 amide bonds. The Morgan fingerprint density at radius 2 is 1.12 bits per heavy atom. The number of likely N-dealkylation sites (tertiary alicyclic amines) is 1. The molecule has 2 aliphatic carbocycles. The van der Waals surface area contributed by atoms with Gasteiger partial charge in [-0.2, -0.15) is 0 Å². The molecule has 4 aromatic carbocycles. The van der Waals surface area contributed by atoms with Crippen molar-refractivity contribution in [2.75, 3.05) is 99.6 Å². The first-order valence-electron chi connectivity index (χ1n) is 26.9. The third kappa shape index (κ3) is 12.9. The highest BCUT2D eigenvalue weighted by atomic mass is 35.5. The van der Waals surface area contributed by atoms with E-state index in [0.29, 0.717) is 92.3 Å². The number of aromatic nitrogens is 4. The lowest BCUT2D eigenvalue weighted by Crippen LogP contribution is -2.51. The molecule has 410 valence electrons. The zero-order chi connectivity index (χ0) is 54.7. The molecule has 1 N–H and O–H groups in total. The Bertz CT molecular complexity index is 3110. The van der Waals surface area contributed by atoms with E-state index in [1.807, 2.05) is 44.2 Å². The highest BCUT2D eigenvalue weighted by Gasteiger charge is 2.41. The molecule has 4 aliphatic heterocycles. The van der Waals surface area contributed by atoms with Crippen molar-refractivity contribution in [1.82, 2.24) is 30.2 Å². The number of nitrogens with zero attached hydrogens (tertiary/aromatic N) is 5. The van der Waals surface area contributed by atoms with Crippen LogP contribution in [0.2, 0.25) is 0 Å². The second kappa shape index (κ2) is 25.5. The van der Waals surface area contributed by atoms with Gasteiger partial charge in [-0.05, 0) is 127 Å². The summed E-state index contributed by atoms with van der Waals surface area (Å²) in [6.45, 7) is 14.6. The molecule has 2 spiro atoms. The van der Waals surface area contributed by atoms with Crippen LogP contribution in [0.5, 0.6) is 46.3 Å². The summed E-state index contributed by atoms with van der Waals surface area (Å²) in [6, 6.07) is 14.2. The Morgan fingerprint density at radius 3 is 1.55 bits per heavy atom. The van der Waals surface area contributed by atoms with E-state index < -0.39 is 7.15 Å². The molecule has 0 unspecified atom stereocenters. The zero-order valence-corrected chi connectivity index (χ0v) is 45.0. The fourth-order valence-electron chi connectivity index (χ4n) is 10.5. The Hall–Kier alpha value is -6.24. The minimum Gasteiger partial charge on any atom is -0.493 e. The van der Waals surface area contributed by atoms with Crippen LogP contribution in [0, 0.1) is 22.5 Å². The summed E-state index contributed by atoms with van der Waals surface area (Å²) in [5, 5.41) is 4.58. The molecule has 0 atom stereocenters. The summed E-state index contributed by atoms with van der Waals surface area (Å²) in [4.78, 5) is 19.7. The molecule has 12 rings (SSSR count). The van der Waals surface area contributed by atoms with Crippen molar-refractivity contribution in [3.63, 3.8) is 0 Å². The predicted octanol–water partition coefficient (Wildman–Crippen LogP) is 11.9. The Morgan fingerprint density at radius 1 is 0.649 bits per heavy atom. The van der Waals surface area contributed by atoms with Crippen molar-refractivity contribution in [2.45, 2.75) is 65.2 Å². The van der Waals surface area contributed by atoms with Crippen LogP contribution in [0.1, 0.15) is 76.0 Å². The molecule has 6 heterocycles. The van der Waals surface area contributed by atoms with E-state index in [-0.39, 0.29) is 34.9 Å². The maximum atomic E-state index is 15.1. The Balaban J connectivity index is 0.000000159. The average molecular weight is 1080 g/mol. The normalized spacial score (nSPS) is 17.6. The van der Waals surface area contributed by atoms with Crippen LogP contribution in [-0.4, -0.2) is 124 Å². The van der Waals surface area contributed by atoms with E-state index in [0.717, 1.165) is 87.6 Å². The second-order valence-electron chi connectivity index (χ2n) is 20.5. The zero-order valence-electron chi connectivity index (χ0n) is 45.3. The number of nitrogens with one attached hydrogen (secondary N) is 1. The lowest BCUT2D eigenvalue weighted by atomic mass is 9.77. The molecular weight excluding hydrogens is 1010 g/mol. The van der Waals surface area contributed by atoms with Crippen LogP contribution in [-0.2, 0) is 22.3 Å². The van der Waals surface area contributed by atoms with Crippen LogP contribution in [0.3, 0.4) is 0 Å². The molecule has 6 aliphatic rings. The van der Waals surface area contributed by atoms with Crippen molar-refractivity contribution >= 4 is 45.6 Å². The summed E-state index contributed by atoms with van der Waals surface area (Å²) in [5.74, 6) is 2.77. The van der Waals surface area contributed by atoms with Gasteiger partial charge in [0, 0.05) is 46.5 Å². The number of rotatable bonds is 15. The third-order valence-electron chi connectivity index (χ3n) is 15.0. The van der Waals surface area contributed by atoms with Gasteiger partial charge in [0.1, 0.15) is 12.7 Å². The number of halogens is 4. The van der Waals surface area contributed by atoms with E-state index in [4.69, 9.17) is 50.9 Å². The van der Waals surface area contributed by atoms with Gasteiger partial charge in [-0.15, -0.1) is 11.6 Å². The third-order valence-corrected chi connectivity index (χ3v) is 15.3. The van der Waals surface area contributed by atoms with Gasteiger partial charge in [0.15, 0.2) is 46.1 Å². The van der Waals surface area contributed by atoms with E-state index in [1.54, 1.807) is 44.6 Å². The molecule has 6 aromatic rings. The first-order chi connectivity index (χ1) is 38.0. The molecule has 14 nitrogen and oxygen atoms in total. The number of fused-ring (bicyclic) bond motifs is 4. The van der Waals surface area contributed by atoms with Gasteiger partial charge in [-0.3, -0.25) is 4.39 Å². The van der Waals surface area contributed by atoms with Crippen LogP contribution in [0.25, 0.3) is 34.0 Å². The second-order valence-corrected chi connectivity index (χ2v) is 20.9. The Kier molecular flexibility index (Phi) is 17.9. The maximum Gasteiger partial charge on any atom is 0.230 e. The van der Waals surface area contributed by atoms with Crippen molar-refractivity contribution in [1.29, 1.82) is 0 Å². The summed E-state index contributed by atoms with van der Waals surface area (Å²) in [5.41, 5.74) is 7.66. The van der Waals surface area contributed by atoms with Crippen molar-refractivity contribution in [3.05, 3.63) is 106 Å². The number of hydrogen-bond acceptors (Lipinski definition) is 14. The lowest BCUT2D eigenvalue weighted by Gasteiger charge is -2.47. The summed E-state index contributed by atoms with van der Waals surface area (Å²) >= 11 is 5.71. The first-order valence-corrected chi connectivity index (χ1v) is 26.7. The molecule has 18 heteroatoms. The van der Waals surface area contributed by atoms with E-state index >= 15 is 4.39 Å². The highest BCUT2D eigenvalue weighted by molar-refractivity contribution is 6.17. The van der Waals surface area contributed by atoms with Gasteiger partial charge in [0.25, 0.3) is 0 Å². The summed E-state index contributed by atoms with van der Waals surface area (Å²) in [7, 11) is 2.15. The fraction of sp³-hybridized carbons (Fsp3) is 0.458. The smallest absolute Gasteiger partial charge is 0.230 e. The number of hydrogen-bond donors (Lipinski definition) is 1. The number of piperidine rings is 2. The molecule has 0 radical (unpaired) electrons. The SMILES string of the molecule is C1CC2(CCN1)COC2.COc1cc2c(Oc3ccc4c(c3F)C=C(C)C4)ncnc2cc1OCCCCl.COc1cc2c(Oc3ccc4c(c3F)C=C(C)C4)ncnc2cc1OCCCN1CCC2(CC1)COC2.[2H]CF. The van der Waals surface area contributed by atoms with Crippen molar-refractivity contribution in [2.24, 2.45) is 10.8 Å². The van der Waals surface area contributed by atoms with E-state index in [1.165, 1.54) is 51.4 Å². The van der Waals surface area contributed by atoms with Gasteiger partial charge >= 0.3 is 0 Å². The molecule has 0 bridgehead atoms. The van der Waals surface area contributed by atoms with Crippen LogP contribution in [0.4, 0.5) is 13.2 Å². The molecule has 2 aromatic heterocycles. The quantitative estimate of drug-likeness (QED) is 0.0770. The highest BCUT2D eigenvalue weighted by Crippen LogP contribution is 2.42. The first kappa shape index (κ1) is 54.1. The fourth-order valence-corrected chi connectivity index (χ4v) is 10.6. The van der Waals surface area contributed by atoms with Crippen LogP contribution in [0.15, 0.2) is 72.3 Å². The molecular formula is C59H68ClF3N6O8. The number of ether oxygens (including phenoxy) is 8. The standard InChI is InChI=1S/C29H32FN3O4.C22H20ClFN2O3.C7H13NO.CH3F/c1-19-12-20-4-5-24(27(30)21(20)13-19)37-28-22-14-25(34-2)26(15-23(22)31-18-32-28)36-11-3-8-33-9-6-29(7-10-33)16-35-17-29;1-13-8-14-4-5-18(21(24)15(14)9-13)29-22-16-10-19(27-2)20(28-7-3-6-23)11-17(16)25-12-26-22;1-3-8-4-2-7(1)5-9-6-7;1-2/h4-5,13-15,18H,3,6-12,16-17H2,1-2H3;4-5,9-12H,3,6-8H2,1-2H3;8H,1-6H2;1H3/i;;;1D. The van der Waals surface area contributed by atoms with Gasteiger partial charge in [-0.25, -0.2) is 28.7 Å². The average Bonchev–Trinajstić information content (AvgIpc) is 4.04. The van der Waals surface area contributed by atoms with Gasteiger partial charge in [0.2, 0.25) is 11.8 Å². The Labute approximate surface area is 454 Å². The molecule has 0 saturated carbocycles. The van der Waals surface area contributed by atoms with Gasteiger partial charge < -0.3 is 48.1 Å². The summed E-state index contributed by atoms with van der Waals surface area (Å²) < 4.78 is 90.9. The summed E-state index contributed by atoms with van der Waals surface area (Å²) in [6.07, 6.45) is 14.8. The van der Waals surface area contributed by atoms with Crippen molar-refractivity contribution in [3.8, 4) is 46.3 Å².